The first-order valence-corrected chi connectivity index (χ1v) is 11.8. The molecule has 1 aliphatic carbocycles. The Hall–Kier alpha value is -4.14. The zero-order chi connectivity index (χ0) is 25.5. The summed E-state index contributed by atoms with van der Waals surface area (Å²) in [4.78, 5) is 40.9. The van der Waals surface area contributed by atoms with E-state index in [0.29, 0.717) is 17.0 Å². The summed E-state index contributed by atoms with van der Waals surface area (Å²) in [6.07, 6.45) is 5.12. The number of halogens is 1. The number of benzene rings is 2. The number of methoxy groups -OCH3 is 1. The number of hydrogen-bond donors (Lipinski definition) is 2. The number of furan rings is 1. The lowest BCUT2D eigenvalue weighted by Crippen LogP contribution is -2.49. The molecule has 1 fully saturated rings. The minimum Gasteiger partial charge on any atom is -0.497 e. The van der Waals surface area contributed by atoms with E-state index in [1.807, 2.05) is 0 Å². The monoisotopic (exact) mass is 493 g/mol. The van der Waals surface area contributed by atoms with Crippen LogP contribution < -0.4 is 20.3 Å². The summed E-state index contributed by atoms with van der Waals surface area (Å²) in [5.41, 5.74) is 0.859. The summed E-state index contributed by atoms with van der Waals surface area (Å²) in [5, 5.41) is 5.60. The van der Waals surface area contributed by atoms with Gasteiger partial charge in [-0.15, -0.1) is 0 Å². The number of ether oxygens (including phenoxy) is 1. The van der Waals surface area contributed by atoms with E-state index >= 15 is 0 Å². The molecular weight excluding hydrogens is 465 g/mol. The summed E-state index contributed by atoms with van der Waals surface area (Å²) in [5.74, 6) is -1.29. The highest BCUT2D eigenvalue weighted by atomic mass is 19.1. The highest BCUT2D eigenvalue weighted by molar-refractivity contribution is 6.04. The molecule has 0 radical (unpaired) electrons. The van der Waals surface area contributed by atoms with Crippen LogP contribution in [0, 0.1) is 5.82 Å². The maximum atomic E-state index is 13.7. The van der Waals surface area contributed by atoms with Crippen LogP contribution in [0.3, 0.4) is 0 Å². The van der Waals surface area contributed by atoms with Crippen molar-refractivity contribution in [3.63, 3.8) is 0 Å². The lowest BCUT2D eigenvalue weighted by Gasteiger charge is -2.32. The quantitative estimate of drug-likeness (QED) is 0.470. The minimum atomic E-state index is -1.09. The first kappa shape index (κ1) is 25.0. The topological polar surface area (TPSA) is 101 Å². The molecule has 36 heavy (non-hydrogen) atoms. The molecule has 8 nitrogen and oxygen atoms in total. The predicted molar refractivity (Wildman–Crippen MR) is 131 cm³/mol. The van der Waals surface area contributed by atoms with Crippen LogP contribution in [0.1, 0.15) is 47.8 Å². The summed E-state index contributed by atoms with van der Waals surface area (Å²) in [7, 11) is 1.53. The summed E-state index contributed by atoms with van der Waals surface area (Å²) in [6, 6.07) is 14.1. The zero-order valence-electron chi connectivity index (χ0n) is 19.9. The molecule has 1 saturated carbocycles. The molecule has 0 unspecified atom stereocenters. The van der Waals surface area contributed by atoms with Gasteiger partial charge in [0.05, 0.1) is 19.9 Å². The first-order valence-electron chi connectivity index (χ1n) is 11.8. The highest BCUT2D eigenvalue weighted by Gasteiger charge is 2.34. The van der Waals surface area contributed by atoms with Gasteiger partial charge in [0.15, 0.2) is 5.76 Å². The third-order valence-electron chi connectivity index (χ3n) is 6.16. The van der Waals surface area contributed by atoms with Crippen molar-refractivity contribution in [1.29, 1.82) is 0 Å². The standard InChI is InChI=1S/C27H28FN3O5/c1-35-22-14-12-21(13-15-22)31(24(32)17-29-26(33)23-7-4-16-36-23)25(18-8-10-19(28)11-9-18)27(34)30-20-5-2-3-6-20/h4,7-16,20,25H,2-3,5-6,17H2,1H3,(H,29,33)(H,30,34)/t25-/m1/s1. The van der Waals surface area contributed by atoms with Crippen LogP contribution >= 0.6 is 0 Å². The lowest BCUT2D eigenvalue weighted by atomic mass is 10.0. The van der Waals surface area contributed by atoms with Gasteiger partial charge in [-0.1, -0.05) is 25.0 Å². The Kier molecular flexibility index (Phi) is 7.99. The number of rotatable bonds is 9. The number of nitrogens with one attached hydrogen (secondary N) is 2. The second-order valence-electron chi connectivity index (χ2n) is 8.57. The van der Waals surface area contributed by atoms with Crippen molar-refractivity contribution < 1.29 is 27.9 Å². The van der Waals surface area contributed by atoms with E-state index in [0.717, 1.165) is 25.7 Å². The molecule has 188 valence electrons. The minimum absolute atomic E-state index is 0.00641. The van der Waals surface area contributed by atoms with Gasteiger partial charge in [0.2, 0.25) is 11.8 Å². The molecule has 9 heteroatoms. The predicted octanol–water partition coefficient (Wildman–Crippen LogP) is 3.99. The number of amides is 3. The second-order valence-corrected chi connectivity index (χ2v) is 8.57. The molecule has 0 spiro atoms. The molecule has 3 aromatic rings. The van der Waals surface area contributed by atoms with Gasteiger partial charge >= 0.3 is 0 Å². The number of nitrogens with zero attached hydrogens (tertiary/aromatic N) is 1. The average Bonchev–Trinajstić information content (AvgIpc) is 3.61. The molecule has 1 heterocycles. The molecule has 2 aromatic carbocycles. The zero-order valence-corrected chi connectivity index (χ0v) is 19.9. The average molecular weight is 494 g/mol. The van der Waals surface area contributed by atoms with E-state index in [9.17, 15) is 18.8 Å². The van der Waals surface area contributed by atoms with Gasteiger partial charge in [0.25, 0.3) is 5.91 Å². The Morgan fingerprint density at radius 3 is 2.36 bits per heavy atom. The number of anilines is 1. The largest absolute Gasteiger partial charge is 0.497 e. The van der Waals surface area contributed by atoms with E-state index < -0.39 is 23.7 Å². The van der Waals surface area contributed by atoms with Crippen molar-refractivity contribution in [2.45, 2.75) is 37.8 Å². The number of carbonyl (C=O) groups excluding carboxylic acids is 3. The van der Waals surface area contributed by atoms with E-state index in [2.05, 4.69) is 10.6 Å². The molecule has 0 saturated heterocycles. The maximum Gasteiger partial charge on any atom is 0.287 e. The Morgan fingerprint density at radius 2 is 1.75 bits per heavy atom. The highest BCUT2D eigenvalue weighted by Crippen LogP contribution is 2.30. The third-order valence-corrected chi connectivity index (χ3v) is 6.16. The van der Waals surface area contributed by atoms with Crippen LogP contribution in [0.5, 0.6) is 5.75 Å². The van der Waals surface area contributed by atoms with E-state index in [4.69, 9.17) is 9.15 Å². The maximum absolute atomic E-state index is 13.7. The SMILES string of the molecule is COc1ccc(N(C(=O)CNC(=O)c2ccco2)[C@@H](C(=O)NC2CCCC2)c2ccc(F)cc2)cc1. The van der Waals surface area contributed by atoms with Crippen LogP contribution in [0.15, 0.2) is 71.3 Å². The molecule has 1 aromatic heterocycles. The van der Waals surface area contributed by atoms with Crippen molar-refractivity contribution in [1.82, 2.24) is 10.6 Å². The van der Waals surface area contributed by atoms with Gasteiger partial charge in [-0.2, -0.15) is 0 Å². The van der Waals surface area contributed by atoms with Gasteiger partial charge in [-0.05, 0) is 66.9 Å². The van der Waals surface area contributed by atoms with Crippen molar-refractivity contribution in [2.24, 2.45) is 0 Å². The van der Waals surface area contributed by atoms with Crippen LogP contribution in [0.4, 0.5) is 10.1 Å². The molecule has 1 atom stereocenters. The Bertz CT molecular complexity index is 1170. The lowest BCUT2D eigenvalue weighted by molar-refractivity contribution is -0.126. The van der Waals surface area contributed by atoms with Crippen molar-refractivity contribution >= 4 is 23.4 Å². The molecule has 1 aliphatic rings. The van der Waals surface area contributed by atoms with Gasteiger partial charge in [-0.3, -0.25) is 19.3 Å². The summed E-state index contributed by atoms with van der Waals surface area (Å²) >= 11 is 0. The third kappa shape index (κ3) is 5.91. The van der Waals surface area contributed by atoms with E-state index in [1.165, 1.54) is 48.6 Å². The second kappa shape index (κ2) is 11.5. The Morgan fingerprint density at radius 1 is 1.06 bits per heavy atom. The molecule has 2 N–H and O–H groups in total. The first-order chi connectivity index (χ1) is 17.5. The normalized spacial score (nSPS) is 14.2. The van der Waals surface area contributed by atoms with Crippen molar-refractivity contribution in [3.05, 3.63) is 84.1 Å². The van der Waals surface area contributed by atoms with Gasteiger partial charge in [0, 0.05) is 11.7 Å². The molecule has 3 amide bonds. The van der Waals surface area contributed by atoms with Crippen LogP contribution in [0.25, 0.3) is 0 Å². The Balaban J connectivity index is 1.68. The number of hydrogen-bond acceptors (Lipinski definition) is 5. The molecule has 4 rings (SSSR count). The molecule has 0 aliphatic heterocycles. The molecular formula is C27H28FN3O5. The molecule has 0 bridgehead atoms. The van der Waals surface area contributed by atoms with Crippen LogP contribution in [-0.2, 0) is 9.59 Å². The summed E-state index contributed by atoms with van der Waals surface area (Å²) in [6.45, 7) is -0.389. The van der Waals surface area contributed by atoms with Gasteiger partial charge < -0.3 is 19.8 Å². The van der Waals surface area contributed by atoms with E-state index in [1.54, 1.807) is 30.3 Å². The van der Waals surface area contributed by atoms with Crippen molar-refractivity contribution in [3.8, 4) is 5.75 Å². The van der Waals surface area contributed by atoms with Gasteiger partial charge in [-0.25, -0.2) is 4.39 Å². The van der Waals surface area contributed by atoms with Crippen molar-refractivity contribution in [2.75, 3.05) is 18.6 Å². The fraction of sp³-hybridized carbons (Fsp3) is 0.296. The number of carbonyl (C=O) groups is 3. The smallest absolute Gasteiger partial charge is 0.287 e. The fourth-order valence-corrected chi connectivity index (χ4v) is 4.33. The van der Waals surface area contributed by atoms with Crippen LogP contribution in [0.2, 0.25) is 0 Å². The fourth-order valence-electron chi connectivity index (χ4n) is 4.33. The Labute approximate surface area is 208 Å². The van der Waals surface area contributed by atoms with Gasteiger partial charge in [0.1, 0.15) is 17.6 Å². The van der Waals surface area contributed by atoms with E-state index in [-0.39, 0.29) is 24.3 Å². The van der Waals surface area contributed by atoms with Crippen LogP contribution in [-0.4, -0.2) is 37.4 Å². The summed E-state index contributed by atoms with van der Waals surface area (Å²) < 4.78 is 24.1.